The Morgan fingerprint density at radius 3 is 2.03 bits per heavy atom. The standard InChI is InChI=1S/C25H27N2O6P/c1-32-34(31,33-2)17-26-23(24(28)27-22-14-12-21(13-15-22)25(29)30)16-18-8-10-20(11-9-18)19-6-4-3-5-7-19/h3-15,23,26H,16-17H2,1-2H3,(H,27,28)(H,29,30)/t23-/m0/s1. The first-order chi connectivity index (χ1) is 16.3. The summed E-state index contributed by atoms with van der Waals surface area (Å²) in [4.78, 5) is 24.1. The minimum atomic E-state index is -3.38. The normalized spacial score (nSPS) is 12.2. The number of carbonyl (C=O) groups excluding carboxylic acids is 1. The van der Waals surface area contributed by atoms with Gasteiger partial charge in [0.05, 0.1) is 17.9 Å². The van der Waals surface area contributed by atoms with E-state index in [1.54, 1.807) is 0 Å². The largest absolute Gasteiger partial charge is 0.478 e. The molecule has 3 N–H and O–H groups in total. The van der Waals surface area contributed by atoms with Gasteiger partial charge in [0.2, 0.25) is 5.91 Å². The van der Waals surface area contributed by atoms with Crippen LogP contribution in [0.25, 0.3) is 11.1 Å². The first-order valence-electron chi connectivity index (χ1n) is 10.6. The number of anilines is 1. The lowest BCUT2D eigenvalue weighted by Gasteiger charge is -2.21. The molecule has 0 heterocycles. The Morgan fingerprint density at radius 2 is 1.47 bits per heavy atom. The fourth-order valence-electron chi connectivity index (χ4n) is 3.31. The number of hydrogen-bond acceptors (Lipinski definition) is 6. The first-order valence-corrected chi connectivity index (χ1v) is 12.3. The van der Waals surface area contributed by atoms with Crippen molar-refractivity contribution < 1.29 is 28.3 Å². The topological polar surface area (TPSA) is 114 Å². The maximum Gasteiger partial charge on any atom is 0.343 e. The minimum absolute atomic E-state index is 0.118. The molecule has 0 aliphatic rings. The zero-order chi connectivity index (χ0) is 24.6. The van der Waals surface area contributed by atoms with Gasteiger partial charge in [0.15, 0.2) is 0 Å². The molecule has 0 radical (unpaired) electrons. The van der Waals surface area contributed by atoms with E-state index in [1.807, 2.05) is 54.6 Å². The number of amides is 1. The number of carboxylic acids is 1. The first kappa shape index (κ1) is 25.3. The van der Waals surface area contributed by atoms with Crippen molar-refractivity contribution in [3.05, 3.63) is 90.0 Å². The number of hydrogen-bond donors (Lipinski definition) is 3. The molecular weight excluding hydrogens is 455 g/mol. The lowest BCUT2D eigenvalue weighted by Crippen LogP contribution is -2.42. The molecule has 0 bridgehead atoms. The molecule has 0 aromatic heterocycles. The molecule has 0 aliphatic carbocycles. The highest BCUT2D eigenvalue weighted by atomic mass is 31.2. The summed E-state index contributed by atoms with van der Waals surface area (Å²) in [6.45, 7) is 0. The van der Waals surface area contributed by atoms with Crippen LogP contribution in [0.2, 0.25) is 0 Å². The van der Waals surface area contributed by atoms with Crippen molar-refractivity contribution >= 4 is 25.2 Å². The third kappa shape index (κ3) is 6.85. The van der Waals surface area contributed by atoms with Gasteiger partial charge in [-0.3, -0.25) is 14.7 Å². The van der Waals surface area contributed by atoms with Crippen LogP contribution >= 0.6 is 7.60 Å². The monoisotopic (exact) mass is 482 g/mol. The molecule has 1 amide bonds. The number of carboxylic acid groups (broad SMARTS) is 1. The van der Waals surface area contributed by atoms with E-state index in [4.69, 9.17) is 14.2 Å². The number of carbonyl (C=O) groups is 2. The highest BCUT2D eigenvalue weighted by Gasteiger charge is 2.26. The maximum atomic E-state index is 13.1. The van der Waals surface area contributed by atoms with Crippen LogP contribution in [-0.4, -0.2) is 43.5 Å². The molecule has 0 unspecified atom stereocenters. The van der Waals surface area contributed by atoms with Gasteiger partial charge < -0.3 is 19.5 Å². The van der Waals surface area contributed by atoms with Gasteiger partial charge in [-0.25, -0.2) is 4.79 Å². The van der Waals surface area contributed by atoms with Crippen molar-refractivity contribution in [2.24, 2.45) is 0 Å². The van der Waals surface area contributed by atoms with Gasteiger partial charge in [0.1, 0.15) is 0 Å². The molecule has 8 nitrogen and oxygen atoms in total. The smallest absolute Gasteiger partial charge is 0.343 e. The Kier molecular flexibility index (Phi) is 8.73. The second kappa shape index (κ2) is 11.7. The average molecular weight is 482 g/mol. The lowest BCUT2D eigenvalue weighted by molar-refractivity contribution is -0.118. The van der Waals surface area contributed by atoms with Gasteiger partial charge in [-0.1, -0.05) is 54.6 Å². The number of rotatable bonds is 11. The van der Waals surface area contributed by atoms with Crippen LogP contribution in [-0.2, 0) is 24.8 Å². The van der Waals surface area contributed by atoms with Crippen LogP contribution in [0.5, 0.6) is 0 Å². The highest BCUT2D eigenvalue weighted by molar-refractivity contribution is 7.53. The summed E-state index contributed by atoms with van der Waals surface area (Å²) in [5.74, 6) is -1.42. The van der Waals surface area contributed by atoms with Crippen LogP contribution in [0.1, 0.15) is 15.9 Å². The zero-order valence-corrected chi connectivity index (χ0v) is 19.8. The molecule has 0 saturated heterocycles. The van der Waals surface area contributed by atoms with Crippen molar-refractivity contribution in [2.45, 2.75) is 12.5 Å². The van der Waals surface area contributed by atoms with E-state index in [0.29, 0.717) is 12.1 Å². The molecule has 178 valence electrons. The summed E-state index contributed by atoms with van der Waals surface area (Å²) in [6, 6.07) is 22.9. The van der Waals surface area contributed by atoms with E-state index in [0.717, 1.165) is 16.7 Å². The zero-order valence-electron chi connectivity index (χ0n) is 18.9. The molecule has 0 aliphatic heterocycles. The summed E-state index contributed by atoms with van der Waals surface area (Å²) in [5, 5.41) is 14.8. The second-order valence-electron chi connectivity index (χ2n) is 7.53. The maximum absolute atomic E-state index is 13.1. The Morgan fingerprint density at radius 1 is 0.882 bits per heavy atom. The lowest BCUT2D eigenvalue weighted by atomic mass is 10.0. The fourth-order valence-corrected chi connectivity index (χ4v) is 4.16. The number of nitrogens with one attached hydrogen (secondary N) is 2. The average Bonchev–Trinajstić information content (AvgIpc) is 2.87. The second-order valence-corrected chi connectivity index (χ2v) is 9.80. The Balaban J connectivity index is 1.76. The Bertz CT molecular complexity index is 1140. The van der Waals surface area contributed by atoms with E-state index >= 15 is 0 Å². The fraction of sp³-hybridized carbons (Fsp3) is 0.200. The molecule has 34 heavy (non-hydrogen) atoms. The van der Waals surface area contributed by atoms with Crippen LogP contribution in [0, 0.1) is 0 Å². The van der Waals surface area contributed by atoms with E-state index in [1.165, 1.54) is 38.5 Å². The van der Waals surface area contributed by atoms with E-state index in [2.05, 4.69) is 10.6 Å². The predicted molar refractivity (Wildman–Crippen MR) is 131 cm³/mol. The molecule has 9 heteroatoms. The third-order valence-electron chi connectivity index (χ3n) is 5.30. The Hall–Kier alpha value is -3.29. The van der Waals surface area contributed by atoms with Crippen LogP contribution in [0.3, 0.4) is 0 Å². The van der Waals surface area contributed by atoms with Crippen molar-refractivity contribution in [1.82, 2.24) is 5.32 Å². The number of benzene rings is 3. The summed E-state index contributed by atoms with van der Waals surface area (Å²) in [6.07, 6.45) is 0.166. The van der Waals surface area contributed by atoms with Crippen LogP contribution in [0.4, 0.5) is 5.69 Å². The summed E-state index contributed by atoms with van der Waals surface area (Å²) >= 11 is 0. The van der Waals surface area contributed by atoms with E-state index < -0.39 is 19.6 Å². The molecule has 0 spiro atoms. The third-order valence-corrected chi connectivity index (χ3v) is 6.99. The quantitative estimate of drug-likeness (QED) is 0.341. The van der Waals surface area contributed by atoms with Gasteiger partial charge in [-0.05, 0) is 47.4 Å². The van der Waals surface area contributed by atoms with Crippen LogP contribution < -0.4 is 10.6 Å². The molecule has 0 fully saturated rings. The van der Waals surface area contributed by atoms with E-state index in [9.17, 15) is 14.2 Å². The number of aromatic carboxylic acids is 1. The molecule has 1 atom stereocenters. The van der Waals surface area contributed by atoms with Crippen molar-refractivity contribution in [1.29, 1.82) is 0 Å². The summed E-state index contributed by atoms with van der Waals surface area (Å²) in [7, 11) is -0.814. The minimum Gasteiger partial charge on any atom is -0.478 e. The van der Waals surface area contributed by atoms with Crippen molar-refractivity contribution in [2.75, 3.05) is 25.8 Å². The summed E-state index contributed by atoms with van der Waals surface area (Å²) in [5.41, 5.74) is 3.61. The Labute approximate surface area is 198 Å². The van der Waals surface area contributed by atoms with Crippen molar-refractivity contribution in [3.63, 3.8) is 0 Å². The highest BCUT2D eigenvalue weighted by Crippen LogP contribution is 2.44. The van der Waals surface area contributed by atoms with E-state index in [-0.39, 0.29) is 17.8 Å². The molecule has 3 rings (SSSR count). The van der Waals surface area contributed by atoms with Crippen molar-refractivity contribution in [3.8, 4) is 11.1 Å². The van der Waals surface area contributed by atoms with Gasteiger partial charge in [-0.15, -0.1) is 0 Å². The predicted octanol–water partition coefficient (Wildman–Crippen LogP) is 4.63. The SMILES string of the molecule is COP(=O)(CN[C@@H](Cc1ccc(-c2ccccc2)cc1)C(=O)Nc1ccc(C(=O)O)cc1)OC. The molecule has 3 aromatic rings. The van der Waals surface area contributed by atoms with Gasteiger partial charge in [0.25, 0.3) is 0 Å². The van der Waals surface area contributed by atoms with Gasteiger partial charge in [-0.2, -0.15) is 0 Å². The van der Waals surface area contributed by atoms with Gasteiger partial charge >= 0.3 is 13.6 Å². The van der Waals surface area contributed by atoms with Gasteiger partial charge in [0, 0.05) is 19.9 Å². The summed E-state index contributed by atoms with van der Waals surface area (Å²) < 4.78 is 22.4. The molecule has 3 aromatic carbocycles. The molecule has 0 saturated carbocycles. The molecular formula is C25H27N2O6P. The van der Waals surface area contributed by atoms with Crippen LogP contribution in [0.15, 0.2) is 78.9 Å².